The van der Waals surface area contributed by atoms with Crippen molar-refractivity contribution in [3.05, 3.63) is 12.7 Å². The van der Waals surface area contributed by atoms with Gasteiger partial charge < -0.3 is 9.47 Å². The number of methoxy groups -OCH3 is 1. The maximum Gasteiger partial charge on any atom is 0.336 e. The van der Waals surface area contributed by atoms with Crippen molar-refractivity contribution in [2.45, 2.75) is 32.4 Å². The molecule has 1 saturated heterocycles. The number of rotatable bonds is 5. The van der Waals surface area contributed by atoms with Crippen molar-refractivity contribution in [3.8, 4) is 0 Å². The molecule has 98 valence electrons. The van der Waals surface area contributed by atoms with Gasteiger partial charge in [-0.3, -0.25) is 4.90 Å². The third-order valence-corrected chi connectivity index (χ3v) is 3.50. The quantitative estimate of drug-likeness (QED) is 0.539. The summed E-state index contributed by atoms with van der Waals surface area (Å²) < 4.78 is 10.1. The van der Waals surface area contributed by atoms with Crippen LogP contribution in [0.15, 0.2) is 12.7 Å². The molecule has 4 heteroatoms. The summed E-state index contributed by atoms with van der Waals surface area (Å²) in [6.07, 6.45) is 2.49. The summed E-state index contributed by atoms with van der Waals surface area (Å²) in [6.45, 7) is 10.2. The van der Waals surface area contributed by atoms with Crippen LogP contribution in [0.4, 0.5) is 0 Å². The van der Waals surface area contributed by atoms with Crippen molar-refractivity contribution in [3.63, 3.8) is 0 Å². The van der Waals surface area contributed by atoms with Gasteiger partial charge in [0.05, 0.1) is 13.7 Å². The molecule has 4 nitrogen and oxygen atoms in total. The molecule has 0 spiro atoms. The molecule has 0 N–H and O–H groups in total. The summed E-state index contributed by atoms with van der Waals surface area (Å²) in [6, 6.07) is 0.420. The fourth-order valence-corrected chi connectivity index (χ4v) is 2.13. The second-order valence-electron chi connectivity index (χ2n) is 4.62. The Labute approximate surface area is 104 Å². The van der Waals surface area contributed by atoms with Crippen molar-refractivity contribution in [1.29, 1.82) is 0 Å². The lowest BCUT2D eigenvalue weighted by molar-refractivity contribution is -0.161. The Bertz CT molecular complexity index is 267. The number of hydrogen-bond acceptors (Lipinski definition) is 4. The summed E-state index contributed by atoms with van der Waals surface area (Å²) in [5, 5.41) is 0. The highest BCUT2D eigenvalue weighted by Gasteiger charge is 2.30. The normalized spacial score (nSPS) is 25.0. The molecule has 1 fully saturated rings. The van der Waals surface area contributed by atoms with Crippen LogP contribution < -0.4 is 0 Å². The summed E-state index contributed by atoms with van der Waals surface area (Å²) in [4.78, 5) is 13.7. The van der Waals surface area contributed by atoms with Crippen LogP contribution in [0.5, 0.6) is 0 Å². The first-order valence-corrected chi connectivity index (χ1v) is 6.14. The predicted octanol–water partition coefficient (Wildman–Crippen LogP) is 1.46. The second-order valence-corrected chi connectivity index (χ2v) is 4.62. The van der Waals surface area contributed by atoms with Gasteiger partial charge in [-0.1, -0.05) is 13.0 Å². The predicted molar refractivity (Wildman–Crippen MR) is 66.8 cm³/mol. The maximum atomic E-state index is 11.4. The number of ether oxygens (including phenoxy) is 2. The Morgan fingerprint density at radius 2 is 2.35 bits per heavy atom. The van der Waals surface area contributed by atoms with Crippen LogP contribution in [0.2, 0.25) is 0 Å². The molecular weight excluding hydrogens is 218 g/mol. The third kappa shape index (κ3) is 3.82. The third-order valence-electron chi connectivity index (χ3n) is 3.50. The molecule has 17 heavy (non-hydrogen) atoms. The van der Waals surface area contributed by atoms with Crippen molar-refractivity contribution in [2.24, 2.45) is 5.92 Å². The van der Waals surface area contributed by atoms with Crippen LogP contribution in [0.25, 0.3) is 0 Å². The highest BCUT2D eigenvalue weighted by atomic mass is 16.6. The zero-order valence-corrected chi connectivity index (χ0v) is 11.0. The van der Waals surface area contributed by atoms with E-state index in [1.165, 1.54) is 7.11 Å². The van der Waals surface area contributed by atoms with Gasteiger partial charge in [-0.05, 0) is 19.3 Å². The molecule has 1 rings (SSSR count). The monoisotopic (exact) mass is 241 g/mol. The first-order valence-electron chi connectivity index (χ1n) is 6.14. The number of carbonyl (C=O) groups is 1. The fourth-order valence-electron chi connectivity index (χ4n) is 2.13. The van der Waals surface area contributed by atoms with Gasteiger partial charge in [0.25, 0.3) is 0 Å². The van der Waals surface area contributed by atoms with Crippen molar-refractivity contribution in [1.82, 2.24) is 4.90 Å². The molecule has 0 aromatic heterocycles. The summed E-state index contributed by atoms with van der Waals surface area (Å²) in [7, 11) is 1.40. The molecule has 0 aliphatic carbocycles. The molecule has 1 aliphatic rings. The van der Waals surface area contributed by atoms with Gasteiger partial charge in [0, 0.05) is 19.1 Å². The average Bonchev–Trinajstić information content (AvgIpc) is 2.37. The molecule has 0 bridgehead atoms. The van der Waals surface area contributed by atoms with E-state index in [1.54, 1.807) is 0 Å². The zero-order valence-electron chi connectivity index (χ0n) is 11.0. The minimum Gasteiger partial charge on any atom is -0.467 e. The van der Waals surface area contributed by atoms with Crippen LogP contribution in [0.3, 0.4) is 0 Å². The van der Waals surface area contributed by atoms with Crippen LogP contribution in [-0.2, 0) is 14.3 Å². The van der Waals surface area contributed by atoms with E-state index in [0.29, 0.717) is 25.1 Å². The smallest absolute Gasteiger partial charge is 0.336 e. The topological polar surface area (TPSA) is 38.8 Å². The Kier molecular flexibility index (Phi) is 5.65. The standard InChI is InChI=1S/C13H23NO3/c1-5-6-10(2)11(3)14-7-8-17-12(9-14)13(15)16-4/h5,10-12H,1,6-9H2,2-4H3/t10-,11-,12+/m0/s1. The van der Waals surface area contributed by atoms with Crippen molar-refractivity contribution in [2.75, 3.05) is 26.8 Å². The highest BCUT2D eigenvalue weighted by Crippen LogP contribution is 2.18. The van der Waals surface area contributed by atoms with E-state index in [4.69, 9.17) is 9.47 Å². The molecule has 0 amide bonds. The minimum atomic E-state index is -0.438. The van der Waals surface area contributed by atoms with Gasteiger partial charge in [-0.25, -0.2) is 4.79 Å². The Morgan fingerprint density at radius 3 is 2.94 bits per heavy atom. The molecule has 3 atom stereocenters. The van der Waals surface area contributed by atoms with Crippen LogP contribution in [0, 0.1) is 5.92 Å². The lowest BCUT2D eigenvalue weighted by Gasteiger charge is -2.38. The molecule has 0 radical (unpaired) electrons. The van der Waals surface area contributed by atoms with E-state index in [2.05, 4.69) is 25.3 Å². The lowest BCUT2D eigenvalue weighted by atomic mass is 9.97. The van der Waals surface area contributed by atoms with E-state index in [0.717, 1.165) is 13.0 Å². The molecular formula is C13H23NO3. The molecule has 0 saturated carbocycles. The number of carbonyl (C=O) groups excluding carboxylic acids is 1. The highest BCUT2D eigenvalue weighted by molar-refractivity contribution is 5.74. The maximum absolute atomic E-state index is 11.4. The van der Waals surface area contributed by atoms with E-state index in [1.807, 2.05) is 6.08 Å². The first kappa shape index (κ1) is 14.2. The van der Waals surface area contributed by atoms with E-state index in [9.17, 15) is 4.79 Å². The number of allylic oxidation sites excluding steroid dienone is 1. The number of nitrogens with zero attached hydrogens (tertiary/aromatic N) is 1. The number of esters is 1. The van der Waals surface area contributed by atoms with Crippen molar-refractivity contribution >= 4 is 5.97 Å². The van der Waals surface area contributed by atoms with Gasteiger partial charge in [0.1, 0.15) is 0 Å². The van der Waals surface area contributed by atoms with Crippen LogP contribution in [0.1, 0.15) is 20.3 Å². The average molecular weight is 241 g/mol. The fraction of sp³-hybridized carbons (Fsp3) is 0.769. The Balaban J connectivity index is 2.53. The lowest BCUT2D eigenvalue weighted by Crippen LogP contribution is -2.51. The Hall–Kier alpha value is -0.870. The number of morpholine rings is 1. The van der Waals surface area contributed by atoms with Crippen LogP contribution >= 0.6 is 0 Å². The van der Waals surface area contributed by atoms with Gasteiger partial charge in [-0.2, -0.15) is 0 Å². The van der Waals surface area contributed by atoms with E-state index < -0.39 is 6.10 Å². The zero-order chi connectivity index (χ0) is 12.8. The summed E-state index contributed by atoms with van der Waals surface area (Å²) in [5.41, 5.74) is 0. The SMILES string of the molecule is C=CC[C@H](C)[C@H](C)N1CCO[C@@H](C(=O)OC)C1. The molecule has 0 aromatic carbocycles. The molecule has 0 unspecified atom stereocenters. The summed E-state index contributed by atoms with van der Waals surface area (Å²) >= 11 is 0. The number of hydrogen-bond donors (Lipinski definition) is 0. The van der Waals surface area contributed by atoms with E-state index >= 15 is 0 Å². The van der Waals surface area contributed by atoms with Gasteiger partial charge in [0.15, 0.2) is 6.10 Å². The first-order chi connectivity index (χ1) is 8.10. The van der Waals surface area contributed by atoms with Crippen LogP contribution in [-0.4, -0.2) is 49.8 Å². The van der Waals surface area contributed by atoms with E-state index in [-0.39, 0.29) is 5.97 Å². The largest absolute Gasteiger partial charge is 0.467 e. The molecule has 1 heterocycles. The van der Waals surface area contributed by atoms with Gasteiger partial charge >= 0.3 is 5.97 Å². The molecule has 1 aliphatic heterocycles. The second kappa shape index (κ2) is 6.77. The van der Waals surface area contributed by atoms with Gasteiger partial charge in [0.2, 0.25) is 0 Å². The molecule has 0 aromatic rings. The van der Waals surface area contributed by atoms with Crippen molar-refractivity contribution < 1.29 is 14.3 Å². The minimum absolute atomic E-state index is 0.279. The Morgan fingerprint density at radius 1 is 1.65 bits per heavy atom. The summed E-state index contributed by atoms with van der Waals surface area (Å²) in [5.74, 6) is 0.252. The van der Waals surface area contributed by atoms with Gasteiger partial charge in [-0.15, -0.1) is 6.58 Å².